The van der Waals surface area contributed by atoms with E-state index in [9.17, 15) is 4.79 Å². The standard InChI is InChI=1S/C11H16N2O/c1-9(13(3)10(2)14)7-11-5-4-6-12-8-11/h4-6,8-9H,7H2,1-3H3/t9-/m1/s1. The number of nitrogens with zero attached hydrogens (tertiary/aromatic N) is 2. The Balaban J connectivity index is 2.57. The minimum Gasteiger partial charge on any atom is -0.343 e. The van der Waals surface area contributed by atoms with Gasteiger partial charge in [0.2, 0.25) is 5.91 Å². The zero-order valence-corrected chi connectivity index (χ0v) is 8.90. The Morgan fingerprint density at radius 3 is 2.86 bits per heavy atom. The Morgan fingerprint density at radius 1 is 1.64 bits per heavy atom. The molecule has 3 nitrogen and oxygen atoms in total. The van der Waals surface area contributed by atoms with Crippen LogP contribution in [0.3, 0.4) is 0 Å². The predicted octanol–water partition coefficient (Wildman–Crippen LogP) is 1.49. The van der Waals surface area contributed by atoms with E-state index >= 15 is 0 Å². The zero-order chi connectivity index (χ0) is 10.6. The van der Waals surface area contributed by atoms with E-state index in [2.05, 4.69) is 4.98 Å². The molecule has 1 aromatic heterocycles. The lowest BCUT2D eigenvalue weighted by Gasteiger charge is -2.23. The third kappa shape index (κ3) is 2.83. The Kier molecular flexibility index (Phi) is 3.63. The van der Waals surface area contributed by atoms with Crippen LogP contribution in [0.1, 0.15) is 19.4 Å². The van der Waals surface area contributed by atoms with E-state index in [0.717, 1.165) is 12.0 Å². The molecule has 76 valence electrons. The van der Waals surface area contributed by atoms with Crippen molar-refractivity contribution >= 4 is 5.91 Å². The normalized spacial score (nSPS) is 12.2. The Hall–Kier alpha value is -1.38. The van der Waals surface area contributed by atoms with Gasteiger partial charge in [-0.1, -0.05) is 6.07 Å². The smallest absolute Gasteiger partial charge is 0.219 e. The van der Waals surface area contributed by atoms with Crippen molar-refractivity contribution in [2.45, 2.75) is 26.3 Å². The lowest BCUT2D eigenvalue weighted by atomic mass is 10.1. The molecule has 0 aliphatic carbocycles. The number of hydrogen-bond acceptors (Lipinski definition) is 2. The van der Waals surface area contributed by atoms with Crippen molar-refractivity contribution in [2.24, 2.45) is 0 Å². The molecule has 0 fully saturated rings. The van der Waals surface area contributed by atoms with Gasteiger partial charge in [-0.25, -0.2) is 0 Å². The van der Waals surface area contributed by atoms with Crippen molar-refractivity contribution in [3.63, 3.8) is 0 Å². The van der Waals surface area contributed by atoms with Gasteiger partial charge in [-0.2, -0.15) is 0 Å². The first-order valence-electron chi connectivity index (χ1n) is 4.73. The number of carbonyl (C=O) groups excluding carboxylic acids is 1. The second kappa shape index (κ2) is 4.74. The molecule has 14 heavy (non-hydrogen) atoms. The lowest BCUT2D eigenvalue weighted by molar-refractivity contribution is -0.129. The molecular formula is C11H16N2O. The zero-order valence-electron chi connectivity index (χ0n) is 8.90. The molecule has 0 spiro atoms. The minimum absolute atomic E-state index is 0.0985. The van der Waals surface area contributed by atoms with E-state index < -0.39 is 0 Å². The molecule has 0 aliphatic rings. The molecule has 0 saturated heterocycles. The van der Waals surface area contributed by atoms with Crippen molar-refractivity contribution in [1.82, 2.24) is 9.88 Å². The van der Waals surface area contributed by atoms with Gasteiger partial charge in [-0.05, 0) is 25.0 Å². The summed E-state index contributed by atoms with van der Waals surface area (Å²) in [5, 5.41) is 0. The second-order valence-electron chi connectivity index (χ2n) is 3.54. The van der Waals surface area contributed by atoms with Gasteiger partial charge in [-0.3, -0.25) is 9.78 Å². The molecule has 0 saturated carbocycles. The fourth-order valence-electron chi connectivity index (χ4n) is 1.31. The van der Waals surface area contributed by atoms with Gasteiger partial charge < -0.3 is 4.90 Å². The van der Waals surface area contributed by atoms with Crippen LogP contribution in [0.4, 0.5) is 0 Å². The van der Waals surface area contributed by atoms with Gasteiger partial charge in [0.1, 0.15) is 0 Å². The van der Waals surface area contributed by atoms with Crippen molar-refractivity contribution in [1.29, 1.82) is 0 Å². The fraction of sp³-hybridized carbons (Fsp3) is 0.455. The van der Waals surface area contributed by atoms with Crippen LogP contribution < -0.4 is 0 Å². The highest BCUT2D eigenvalue weighted by Crippen LogP contribution is 2.05. The number of amides is 1. The predicted molar refractivity (Wildman–Crippen MR) is 55.8 cm³/mol. The Bertz CT molecular complexity index is 297. The van der Waals surface area contributed by atoms with Crippen LogP contribution in [0.5, 0.6) is 0 Å². The number of aromatic nitrogens is 1. The maximum Gasteiger partial charge on any atom is 0.219 e. The van der Waals surface area contributed by atoms with E-state index in [-0.39, 0.29) is 11.9 Å². The fourth-order valence-corrected chi connectivity index (χ4v) is 1.31. The van der Waals surface area contributed by atoms with Gasteiger partial charge in [-0.15, -0.1) is 0 Å². The van der Waals surface area contributed by atoms with Crippen LogP contribution in [0.2, 0.25) is 0 Å². The van der Waals surface area contributed by atoms with E-state index in [1.54, 1.807) is 18.0 Å². The largest absolute Gasteiger partial charge is 0.343 e. The van der Waals surface area contributed by atoms with Crippen molar-refractivity contribution in [3.8, 4) is 0 Å². The van der Waals surface area contributed by atoms with E-state index in [0.29, 0.717) is 0 Å². The molecule has 3 heteroatoms. The quantitative estimate of drug-likeness (QED) is 0.727. The maximum absolute atomic E-state index is 11.1. The number of hydrogen-bond donors (Lipinski definition) is 0. The molecule has 1 amide bonds. The van der Waals surface area contributed by atoms with Gasteiger partial charge in [0.25, 0.3) is 0 Å². The molecule has 1 heterocycles. The summed E-state index contributed by atoms with van der Waals surface area (Å²) in [5.41, 5.74) is 1.16. The van der Waals surface area contributed by atoms with Crippen LogP contribution in [-0.2, 0) is 11.2 Å². The van der Waals surface area contributed by atoms with Crippen molar-refractivity contribution in [3.05, 3.63) is 30.1 Å². The van der Waals surface area contributed by atoms with Crippen molar-refractivity contribution in [2.75, 3.05) is 7.05 Å². The third-order valence-corrected chi connectivity index (χ3v) is 2.41. The summed E-state index contributed by atoms with van der Waals surface area (Å²) >= 11 is 0. The van der Waals surface area contributed by atoms with Crippen LogP contribution in [0, 0.1) is 0 Å². The summed E-state index contributed by atoms with van der Waals surface area (Å²) in [6, 6.07) is 4.16. The van der Waals surface area contributed by atoms with E-state index in [4.69, 9.17) is 0 Å². The first-order valence-corrected chi connectivity index (χ1v) is 4.73. The molecule has 0 radical (unpaired) electrons. The lowest BCUT2D eigenvalue weighted by Crippen LogP contribution is -2.34. The maximum atomic E-state index is 11.1. The van der Waals surface area contributed by atoms with Crippen LogP contribution >= 0.6 is 0 Å². The summed E-state index contributed by atoms with van der Waals surface area (Å²) < 4.78 is 0. The number of likely N-dealkylation sites (N-methyl/N-ethyl adjacent to an activating group) is 1. The molecule has 0 bridgehead atoms. The van der Waals surface area contributed by atoms with Crippen molar-refractivity contribution < 1.29 is 4.79 Å². The van der Waals surface area contributed by atoms with Crippen LogP contribution in [-0.4, -0.2) is 28.9 Å². The second-order valence-corrected chi connectivity index (χ2v) is 3.54. The van der Waals surface area contributed by atoms with Crippen LogP contribution in [0.15, 0.2) is 24.5 Å². The highest BCUT2D eigenvalue weighted by atomic mass is 16.2. The first kappa shape index (κ1) is 10.7. The van der Waals surface area contributed by atoms with Crippen LogP contribution in [0.25, 0.3) is 0 Å². The number of carbonyl (C=O) groups is 1. The average Bonchev–Trinajstić information content (AvgIpc) is 2.18. The topological polar surface area (TPSA) is 33.2 Å². The number of pyridine rings is 1. The van der Waals surface area contributed by atoms with E-state index in [1.807, 2.05) is 32.3 Å². The first-order chi connectivity index (χ1) is 6.61. The molecule has 0 unspecified atom stereocenters. The van der Waals surface area contributed by atoms with Gasteiger partial charge >= 0.3 is 0 Å². The summed E-state index contributed by atoms with van der Waals surface area (Å²) in [6.07, 6.45) is 4.44. The minimum atomic E-state index is 0.0985. The summed E-state index contributed by atoms with van der Waals surface area (Å²) in [5.74, 6) is 0.0985. The Labute approximate surface area is 84.8 Å². The van der Waals surface area contributed by atoms with E-state index in [1.165, 1.54) is 0 Å². The average molecular weight is 192 g/mol. The van der Waals surface area contributed by atoms with Gasteiger partial charge in [0.15, 0.2) is 0 Å². The summed E-state index contributed by atoms with van der Waals surface area (Å²) in [7, 11) is 1.82. The number of rotatable bonds is 3. The third-order valence-electron chi connectivity index (χ3n) is 2.41. The van der Waals surface area contributed by atoms with Gasteiger partial charge in [0, 0.05) is 32.4 Å². The highest BCUT2D eigenvalue weighted by Gasteiger charge is 2.11. The molecule has 0 aromatic carbocycles. The summed E-state index contributed by atoms with van der Waals surface area (Å²) in [4.78, 5) is 16.9. The molecular weight excluding hydrogens is 176 g/mol. The molecule has 1 rings (SSSR count). The molecule has 1 atom stereocenters. The molecule has 0 N–H and O–H groups in total. The Morgan fingerprint density at radius 2 is 2.36 bits per heavy atom. The molecule has 1 aromatic rings. The highest BCUT2D eigenvalue weighted by molar-refractivity contribution is 5.73. The SMILES string of the molecule is CC(=O)N(C)[C@H](C)Cc1cccnc1. The monoisotopic (exact) mass is 192 g/mol. The molecule has 0 aliphatic heterocycles. The summed E-state index contributed by atoms with van der Waals surface area (Å²) in [6.45, 7) is 3.62. The van der Waals surface area contributed by atoms with Gasteiger partial charge in [0.05, 0.1) is 0 Å².